The van der Waals surface area contributed by atoms with Crippen molar-refractivity contribution < 1.29 is 13.9 Å². The largest absolute Gasteiger partial charge is 0.508 e. The van der Waals surface area contributed by atoms with E-state index < -0.39 is 0 Å². The van der Waals surface area contributed by atoms with Gasteiger partial charge in [0.2, 0.25) is 5.89 Å². The van der Waals surface area contributed by atoms with Crippen molar-refractivity contribution in [3.63, 3.8) is 0 Å². The van der Waals surface area contributed by atoms with Gasteiger partial charge in [-0.1, -0.05) is 0 Å². The minimum atomic E-state index is -0.303. The van der Waals surface area contributed by atoms with Gasteiger partial charge in [0.05, 0.1) is 0 Å². The van der Waals surface area contributed by atoms with Crippen LogP contribution in [0.25, 0.3) is 22.6 Å². The zero-order chi connectivity index (χ0) is 11.8. The van der Waals surface area contributed by atoms with Crippen LogP contribution in [0.2, 0.25) is 0 Å². The molecule has 0 atom stereocenters. The highest BCUT2D eigenvalue weighted by Crippen LogP contribution is 2.26. The normalized spacial score (nSPS) is 10.9. The number of aromatic nitrogens is 1. The van der Waals surface area contributed by atoms with Crippen molar-refractivity contribution in [1.82, 2.24) is 4.98 Å². The molecule has 3 aromatic rings. The first-order valence-electron chi connectivity index (χ1n) is 5.08. The quantitative estimate of drug-likeness (QED) is 0.696. The third-order valence-electron chi connectivity index (χ3n) is 2.46. The van der Waals surface area contributed by atoms with E-state index in [2.05, 4.69) is 4.98 Å². The summed E-state index contributed by atoms with van der Waals surface area (Å²) >= 11 is 0. The molecular formula is C13H8FNO2. The number of halogens is 1. The molecule has 84 valence electrons. The van der Waals surface area contributed by atoms with Gasteiger partial charge in [-0.25, -0.2) is 9.37 Å². The SMILES string of the molecule is Oc1ccc2nc(-c3ccc(F)cc3)oc2c1. The van der Waals surface area contributed by atoms with Gasteiger partial charge in [0.15, 0.2) is 5.58 Å². The smallest absolute Gasteiger partial charge is 0.227 e. The van der Waals surface area contributed by atoms with Crippen molar-refractivity contribution >= 4 is 11.1 Å². The lowest BCUT2D eigenvalue weighted by molar-refractivity contribution is 0.474. The van der Waals surface area contributed by atoms with Gasteiger partial charge in [0.1, 0.15) is 17.1 Å². The Hall–Kier alpha value is -2.36. The maximum Gasteiger partial charge on any atom is 0.227 e. The highest BCUT2D eigenvalue weighted by Gasteiger charge is 2.08. The van der Waals surface area contributed by atoms with Crippen LogP contribution in [0.5, 0.6) is 5.75 Å². The number of hydrogen-bond acceptors (Lipinski definition) is 3. The minimum Gasteiger partial charge on any atom is -0.508 e. The lowest BCUT2D eigenvalue weighted by atomic mass is 10.2. The molecule has 0 aliphatic rings. The van der Waals surface area contributed by atoms with Gasteiger partial charge >= 0.3 is 0 Å². The van der Waals surface area contributed by atoms with Gasteiger partial charge < -0.3 is 9.52 Å². The summed E-state index contributed by atoms with van der Waals surface area (Å²) in [4.78, 5) is 4.25. The Labute approximate surface area is 96.1 Å². The molecule has 0 saturated carbocycles. The van der Waals surface area contributed by atoms with Crippen LogP contribution in [0, 0.1) is 5.82 Å². The predicted molar refractivity (Wildman–Crippen MR) is 61.1 cm³/mol. The molecule has 0 amide bonds. The van der Waals surface area contributed by atoms with E-state index in [9.17, 15) is 9.50 Å². The standard InChI is InChI=1S/C13H8FNO2/c14-9-3-1-8(2-4-9)13-15-11-6-5-10(16)7-12(11)17-13/h1-7,16H. The van der Waals surface area contributed by atoms with Crippen LogP contribution in [0.1, 0.15) is 0 Å². The summed E-state index contributed by atoms with van der Waals surface area (Å²) in [6.07, 6.45) is 0. The number of fused-ring (bicyclic) bond motifs is 1. The van der Waals surface area contributed by atoms with Crippen LogP contribution in [0.4, 0.5) is 4.39 Å². The number of phenolic OH excluding ortho intramolecular Hbond substituents is 1. The molecule has 4 heteroatoms. The van der Waals surface area contributed by atoms with Crippen LogP contribution in [-0.4, -0.2) is 10.1 Å². The van der Waals surface area contributed by atoms with E-state index in [1.165, 1.54) is 18.2 Å². The van der Waals surface area contributed by atoms with Crippen LogP contribution < -0.4 is 0 Å². The average Bonchev–Trinajstić information content (AvgIpc) is 2.72. The second kappa shape index (κ2) is 3.59. The number of rotatable bonds is 1. The number of benzene rings is 2. The topological polar surface area (TPSA) is 46.3 Å². The van der Waals surface area contributed by atoms with E-state index in [4.69, 9.17) is 4.42 Å². The minimum absolute atomic E-state index is 0.124. The maximum absolute atomic E-state index is 12.8. The Morgan fingerprint density at radius 1 is 1.06 bits per heavy atom. The van der Waals surface area contributed by atoms with Gasteiger partial charge in [-0.3, -0.25) is 0 Å². The van der Waals surface area contributed by atoms with Crippen molar-refractivity contribution in [3.05, 3.63) is 48.3 Å². The molecule has 3 rings (SSSR count). The van der Waals surface area contributed by atoms with Crippen molar-refractivity contribution in [2.75, 3.05) is 0 Å². The fourth-order valence-electron chi connectivity index (χ4n) is 1.63. The Morgan fingerprint density at radius 3 is 2.59 bits per heavy atom. The van der Waals surface area contributed by atoms with Crippen LogP contribution >= 0.6 is 0 Å². The molecular weight excluding hydrogens is 221 g/mol. The summed E-state index contributed by atoms with van der Waals surface area (Å²) in [6, 6.07) is 10.6. The zero-order valence-corrected chi connectivity index (χ0v) is 8.72. The van der Waals surface area contributed by atoms with Crippen LogP contribution in [0.3, 0.4) is 0 Å². The van der Waals surface area contributed by atoms with Gasteiger partial charge in [-0.2, -0.15) is 0 Å². The van der Waals surface area contributed by atoms with E-state index in [0.717, 1.165) is 0 Å². The number of hydrogen-bond donors (Lipinski definition) is 1. The Kier molecular flexibility index (Phi) is 2.08. The molecule has 0 radical (unpaired) electrons. The van der Waals surface area contributed by atoms with Crippen molar-refractivity contribution in [2.24, 2.45) is 0 Å². The van der Waals surface area contributed by atoms with E-state index in [0.29, 0.717) is 22.6 Å². The van der Waals surface area contributed by atoms with E-state index >= 15 is 0 Å². The Morgan fingerprint density at radius 2 is 1.82 bits per heavy atom. The highest BCUT2D eigenvalue weighted by molar-refractivity contribution is 5.77. The van der Waals surface area contributed by atoms with Crippen molar-refractivity contribution in [3.8, 4) is 17.2 Å². The lowest BCUT2D eigenvalue weighted by Gasteiger charge is -1.93. The van der Waals surface area contributed by atoms with Gasteiger partial charge in [0.25, 0.3) is 0 Å². The van der Waals surface area contributed by atoms with Gasteiger partial charge in [0, 0.05) is 11.6 Å². The van der Waals surface area contributed by atoms with Crippen molar-refractivity contribution in [1.29, 1.82) is 0 Å². The fraction of sp³-hybridized carbons (Fsp3) is 0. The Balaban J connectivity index is 2.14. The molecule has 0 saturated heterocycles. The summed E-state index contributed by atoms with van der Waals surface area (Å²) in [5.41, 5.74) is 1.86. The first kappa shape index (κ1) is 9.84. The summed E-state index contributed by atoms with van der Waals surface area (Å²) in [5, 5.41) is 9.31. The molecule has 3 nitrogen and oxygen atoms in total. The summed E-state index contributed by atoms with van der Waals surface area (Å²) in [7, 11) is 0. The van der Waals surface area contributed by atoms with Gasteiger partial charge in [-0.05, 0) is 36.4 Å². The molecule has 1 aromatic heterocycles. The molecule has 0 aliphatic carbocycles. The molecule has 0 fully saturated rings. The molecule has 0 spiro atoms. The first-order valence-corrected chi connectivity index (χ1v) is 5.08. The summed E-state index contributed by atoms with van der Waals surface area (Å²) < 4.78 is 18.3. The Bertz CT molecular complexity index is 673. The van der Waals surface area contributed by atoms with Crippen LogP contribution in [-0.2, 0) is 0 Å². The molecule has 1 heterocycles. The third kappa shape index (κ3) is 1.73. The lowest BCUT2D eigenvalue weighted by Crippen LogP contribution is -1.77. The first-order chi connectivity index (χ1) is 8.22. The van der Waals surface area contributed by atoms with E-state index in [1.807, 2.05) is 0 Å². The van der Waals surface area contributed by atoms with Crippen LogP contribution in [0.15, 0.2) is 46.9 Å². The fourth-order valence-corrected chi connectivity index (χ4v) is 1.63. The zero-order valence-electron chi connectivity index (χ0n) is 8.72. The predicted octanol–water partition coefficient (Wildman–Crippen LogP) is 3.34. The summed E-state index contributed by atoms with van der Waals surface area (Å²) in [5.74, 6) is 0.229. The highest BCUT2D eigenvalue weighted by atomic mass is 19.1. The summed E-state index contributed by atoms with van der Waals surface area (Å²) in [6.45, 7) is 0. The third-order valence-corrected chi connectivity index (χ3v) is 2.46. The van der Waals surface area contributed by atoms with Crippen molar-refractivity contribution in [2.45, 2.75) is 0 Å². The van der Waals surface area contributed by atoms with E-state index in [1.54, 1.807) is 24.3 Å². The second-order valence-corrected chi connectivity index (χ2v) is 3.68. The average molecular weight is 229 g/mol. The molecule has 1 N–H and O–H groups in total. The number of oxazole rings is 1. The van der Waals surface area contributed by atoms with Gasteiger partial charge in [-0.15, -0.1) is 0 Å². The molecule has 0 aliphatic heterocycles. The van der Waals surface area contributed by atoms with E-state index in [-0.39, 0.29) is 11.6 Å². The number of nitrogens with zero attached hydrogens (tertiary/aromatic N) is 1. The molecule has 0 bridgehead atoms. The number of phenols is 1. The molecule has 17 heavy (non-hydrogen) atoms. The molecule has 0 unspecified atom stereocenters. The number of aromatic hydroxyl groups is 1. The monoisotopic (exact) mass is 229 g/mol. The second-order valence-electron chi connectivity index (χ2n) is 3.68. The molecule has 2 aromatic carbocycles. The maximum atomic E-state index is 12.8.